The third-order valence-corrected chi connectivity index (χ3v) is 4.28. The van der Waals surface area contributed by atoms with E-state index < -0.39 is 0 Å². The van der Waals surface area contributed by atoms with Gasteiger partial charge in [-0.2, -0.15) is 5.26 Å². The third-order valence-electron chi connectivity index (χ3n) is 4.28. The molecular formula is C16H23N3O. The lowest BCUT2D eigenvalue weighted by Gasteiger charge is -2.40. The number of methoxy groups -OCH3 is 1. The number of piperidine rings is 1. The summed E-state index contributed by atoms with van der Waals surface area (Å²) in [5.41, 5.74) is 1.59. The van der Waals surface area contributed by atoms with Crippen LogP contribution in [0.1, 0.15) is 25.8 Å². The van der Waals surface area contributed by atoms with Gasteiger partial charge in [-0.15, -0.1) is 0 Å². The molecule has 0 bridgehead atoms. The van der Waals surface area contributed by atoms with Gasteiger partial charge in [0.05, 0.1) is 24.4 Å². The van der Waals surface area contributed by atoms with Crippen molar-refractivity contribution in [1.29, 1.82) is 5.26 Å². The minimum atomic E-state index is 0.433. The molecule has 3 unspecified atom stereocenters. The van der Waals surface area contributed by atoms with Crippen LogP contribution in [0.3, 0.4) is 0 Å². The van der Waals surface area contributed by atoms with Crippen LogP contribution in [0, 0.1) is 17.2 Å². The molecule has 0 spiro atoms. The maximum atomic E-state index is 8.94. The lowest BCUT2D eigenvalue weighted by atomic mass is 9.89. The predicted molar refractivity (Wildman–Crippen MR) is 81.0 cm³/mol. The van der Waals surface area contributed by atoms with Crippen molar-refractivity contribution in [1.82, 2.24) is 4.90 Å². The van der Waals surface area contributed by atoms with Gasteiger partial charge in [0.15, 0.2) is 0 Å². The monoisotopic (exact) mass is 273 g/mol. The quantitative estimate of drug-likeness (QED) is 0.920. The average Bonchev–Trinajstić information content (AvgIpc) is 2.45. The van der Waals surface area contributed by atoms with Gasteiger partial charge in [0.1, 0.15) is 5.75 Å². The van der Waals surface area contributed by atoms with E-state index in [2.05, 4.69) is 37.2 Å². The topological polar surface area (TPSA) is 48.3 Å². The normalized spacial score (nSPS) is 26.9. The number of hydrogen-bond donors (Lipinski definition) is 1. The van der Waals surface area contributed by atoms with E-state index in [1.54, 1.807) is 13.2 Å². The number of likely N-dealkylation sites (tertiary alicyclic amines) is 1. The first-order chi connectivity index (χ1) is 9.55. The van der Waals surface area contributed by atoms with E-state index in [1.165, 1.54) is 0 Å². The van der Waals surface area contributed by atoms with E-state index >= 15 is 0 Å². The average molecular weight is 273 g/mol. The minimum absolute atomic E-state index is 0.433. The molecular weight excluding hydrogens is 250 g/mol. The van der Waals surface area contributed by atoms with Gasteiger partial charge in [-0.25, -0.2) is 0 Å². The maximum absolute atomic E-state index is 8.94. The smallest absolute Gasteiger partial charge is 0.143 e. The molecule has 20 heavy (non-hydrogen) atoms. The largest absolute Gasteiger partial charge is 0.495 e. The molecule has 1 saturated heterocycles. The number of hydrogen-bond acceptors (Lipinski definition) is 4. The van der Waals surface area contributed by atoms with Gasteiger partial charge in [0.25, 0.3) is 0 Å². The van der Waals surface area contributed by atoms with Crippen molar-refractivity contribution in [2.24, 2.45) is 5.92 Å². The Morgan fingerprint density at radius 2 is 2.15 bits per heavy atom. The Labute approximate surface area is 121 Å². The number of nitrogens with one attached hydrogen (secondary N) is 1. The van der Waals surface area contributed by atoms with Gasteiger partial charge in [0.2, 0.25) is 0 Å². The van der Waals surface area contributed by atoms with Gasteiger partial charge >= 0.3 is 0 Å². The van der Waals surface area contributed by atoms with Crippen LogP contribution in [0.15, 0.2) is 18.2 Å². The fraction of sp³-hybridized carbons (Fsp3) is 0.562. The lowest BCUT2D eigenvalue weighted by molar-refractivity contribution is 0.145. The first kappa shape index (κ1) is 14.7. The second-order valence-electron chi connectivity index (χ2n) is 5.78. The van der Waals surface area contributed by atoms with Crippen LogP contribution < -0.4 is 10.1 Å². The highest BCUT2D eigenvalue weighted by Gasteiger charge is 2.29. The van der Waals surface area contributed by atoms with Gasteiger partial charge < -0.3 is 15.0 Å². The van der Waals surface area contributed by atoms with Crippen LogP contribution in [-0.2, 0) is 0 Å². The summed E-state index contributed by atoms with van der Waals surface area (Å²) in [7, 11) is 3.82. The van der Waals surface area contributed by atoms with E-state index in [0.717, 1.165) is 24.4 Å². The van der Waals surface area contributed by atoms with Crippen molar-refractivity contribution >= 4 is 5.69 Å². The summed E-state index contributed by atoms with van der Waals surface area (Å²) in [5.74, 6) is 1.32. The van der Waals surface area contributed by atoms with Crippen molar-refractivity contribution in [2.75, 3.05) is 26.0 Å². The SMILES string of the molecule is COc1cc(C#N)ccc1NC1CC(C)N(C)CC1C. The molecule has 0 saturated carbocycles. The highest BCUT2D eigenvalue weighted by Crippen LogP contribution is 2.30. The highest BCUT2D eigenvalue weighted by atomic mass is 16.5. The van der Waals surface area contributed by atoms with Gasteiger partial charge in [-0.05, 0) is 38.4 Å². The van der Waals surface area contributed by atoms with Gasteiger partial charge in [-0.1, -0.05) is 6.92 Å². The lowest BCUT2D eigenvalue weighted by Crippen LogP contribution is -2.48. The molecule has 1 aromatic carbocycles. The molecule has 1 aliphatic heterocycles. The number of anilines is 1. The van der Waals surface area contributed by atoms with E-state index in [1.807, 2.05) is 12.1 Å². The Balaban J connectivity index is 2.15. The third kappa shape index (κ3) is 3.05. The van der Waals surface area contributed by atoms with E-state index in [-0.39, 0.29) is 0 Å². The summed E-state index contributed by atoms with van der Waals surface area (Å²) in [6.07, 6.45) is 1.11. The zero-order valence-corrected chi connectivity index (χ0v) is 12.7. The van der Waals surface area contributed by atoms with Gasteiger partial charge in [0, 0.05) is 24.7 Å². The van der Waals surface area contributed by atoms with Crippen LogP contribution in [-0.4, -0.2) is 37.7 Å². The van der Waals surface area contributed by atoms with Crippen LogP contribution in [0.2, 0.25) is 0 Å². The number of nitrogens with zero attached hydrogens (tertiary/aromatic N) is 2. The number of ether oxygens (including phenoxy) is 1. The molecule has 2 rings (SSSR count). The molecule has 3 atom stereocenters. The standard InChI is InChI=1S/C16H23N3O/c1-11-10-19(3)12(2)7-15(11)18-14-6-5-13(9-17)8-16(14)20-4/h5-6,8,11-12,15,18H,7,10H2,1-4H3. The predicted octanol–water partition coefficient (Wildman–Crippen LogP) is 2.71. The van der Waals surface area contributed by atoms with E-state index in [0.29, 0.717) is 23.6 Å². The van der Waals surface area contributed by atoms with Crippen LogP contribution in [0.5, 0.6) is 5.75 Å². The molecule has 4 heteroatoms. The molecule has 1 N–H and O–H groups in total. The summed E-state index contributed by atoms with van der Waals surface area (Å²) in [5, 5.41) is 12.5. The molecule has 4 nitrogen and oxygen atoms in total. The Kier molecular flexibility index (Phi) is 4.51. The van der Waals surface area contributed by atoms with Crippen molar-refractivity contribution in [3.63, 3.8) is 0 Å². The molecule has 108 valence electrons. The minimum Gasteiger partial charge on any atom is -0.495 e. The van der Waals surface area contributed by atoms with Crippen LogP contribution in [0.25, 0.3) is 0 Å². The zero-order chi connectivity index (χ0) is 14.7. The van der Waals surface area contributed by atoms with Crippen LogP contribution in [0.4, 0.5) is 5.69 Å². The van der Waals surface area contributed by atoms with Crippen molar-refractivity contribution < 1.29 is 4.74 Å². The molecule has 1 aromatic rings. The van der Waals surface area contributed by atoms with Gasteiger partial charge in [-0.3, -0.25) is 0 Å². The first-order valence-corrected chi connectivity index (χ1v) is 7.10. The van der Waals surface area contributed by atoms with Crippen molar-refractivity contribution in [3.05, 3.63) is 23.8 Å². The maximum Gasteiger partial charge on any atom is 0.143 e. The fourth-order valence-corrected chi connectivity index (χ4v) is 2.82. The zero-order valence-electron chi connectivity index (χ0n) is 12.7. The van der Waals surface area contributed by atoms with Crippen LogP contribution >= 0.6 is 0 Å². The second kappa shape index (κ2) is 6.15. The number of nitriles is 1. The number of rotatable bonds is 3. The Hall–Kier alpha value is -1.73. The second-order valence-corrected chi connectivity index (χ2v) is 5.78. The first-order valence-electron chi connectivity index (χ1n) is 7.10. The summed E-state index contributed by atoms with van der Waals surface area (Å²) in [6.45, 7) is 5.63. The summed E-state index contributed by atoms with van der Waals surface area (Å²) >= 11 is 0. The van der Waals surface area contributed by atoms with Crippen molar-refractivity contribution in [3.8, 4) is 11.8 Å². The summed E-state index contributed by atoms with van der Waals surface area (Å²) < 4.78 is 5.39. The molecule has 0 amide bonds. The number of benzene rings is 1. The molecule has 0 radical (unpaired) electrons. The Bertz CT molecular complexity index is 509. The van der Waals surface area contributed by atoms with E-state index in [9.17, 15) is 0 Å². The Morgan fingerprint density at radius 1 is 1.40 bits per heavy atom. The molecule has 1 aliphatic rings. The fourth-order valence-electron chi connectivity index (χ4n) is 2.82. The van der Waals surface area contributed by atoms with E-state index in [4.69, 9.17) is 10.00 Å². The highest BCUT2D eigenvalue weighted by molar-refractivity contribution is 5.60. The van der Waals surface area contributed by atoms with Crippen molar-refractivity contribution in [2.45, 2.75) is 32.4 Å². The Morgan fingerprint density at radius 3 is 2.80 bits per heavy atom. The summed E-state index contributed by atoms with van der Waals surface area (Å²) in [4.78, 5) is 2.40. The molecule has 0 aliphatic carbocycles. The summed E-state index contributed by atoms with van der Waals surface area (Å²) in [6, 6.07) is 8.70. The molecule has 1 fully saturated rings. The molecule has 1 heterocycles. The molecule has 0 aromatic heterocycles.